The maximum Gasteiger partial charge on any atom is 0.405 e. The molecule has 0 amide bonds. The van der Waals surface area contributed by atoms with E-state index in [9.17, 15) is 13.2 Å². The van der Waals surface area contributed by atoms with E-state index in [-0.39, 0.29) is 17.9 Å². The Morgan fingerprint density at radius 2 is 2.00 bits per heavy atom. The first-order chi connectivity index (χ1) is 8.65. The standard InChI is InChI=1S/C12H17F3N4/c1-4-19(6-12(13,14)15)9-5-7(2)18-8(3)10(9)11(16)17/h5H,4,6H2,1-3H3,(H3,16,17). The van der Waals surface area contributed by atoms with Crippen LogP contribution >= 0.6 is 0 Å². The van der Waals surface area contributed by atoms with Crippen LogP contribution in [-0.4, -0.2) is 30.1 Å². The van der Waals surface area contributed by atoms with Crippen molar-refractivity contribution >= 4 is 11.5 Å². The van der Waals surface area contributed by atoms with Crippen LogP contribution in [0.2, 0.25) is 0 Å². The lowest BCUT2D eigenvalue weighted by Gasteiger charge is -2.27. The van der Waals surface area contributed by atoms with E-state index in [1.807, 2.05) is 0 Å². The van der Waals surface area contributed by atoms with Crippen LogP contribution in [-0.2, 0) is 0 Å². The van der Waals surface area contributed by atoms with E-state index in [0.717, 1.165) is 4.90 Å². The molecule has 0 unspecified atom stereocenters. The number of nitrogens with zero attached hydrogens (tertiary/aromatic N) is 2. The number of alkyl halides is 3. The van der Waals surface area contributed by atoms with Crippen molar-refractivity contribution in [2.24, 2.45) is 5.73 Å². The van der Waals surface area contributed by atoms with Crippen LogP contribution in [0.25, 0.3) is 0 Å². The van der Waals surface area contributed by atoms with Crippen LogP contribution in [0.3, 0.4) is 0 Å². The van der Waals surface area contributed by atoms with E-state index in [1.54, 1.807) is 20.8 Å². The summed E-state index contributed by atoms with van der Waals surface area (Å²) in [6, 6.07) is 1.53. The first kappa shape index (κ1) is 15.3. The van der Waals surface area contributed by atoms with E-state index in [2.05, 4.69) is 4.98 Å². The van der Waals surface area contributed by atoms with Gasteiger partial charge in [0.05, 0.1) is 16.9 Å². The van der Waals surface area contributed by atoms with E-state index in [0.29, 0.717) is 17.1 Å². The summed E-state index contributed by atoms with van der Waals surface area (Å²) < 4.78 is 37.7. The zero-order valence-corrected chi connectivity index (χ0v) is 11.1. The molecule has 0 aromatic carbocycles. The van der Waals surface area contributed by atoms with E-state index >= 15 is 0 Å². The smallest absolute Gasteiger partial charge is 0.384 e. The molecule has 1 heterocycles. The number of aryl methyl sites for hydroxylation is 2. The summed E-state index contributed by atoms with van der Waals surface area (Å²) in [6.45, 7) is 4.05. The van der Waals surface area contributed by atoms with E-state index in [4.69, 9.17) is 11.1 Å². The number of hydrogen-bond donors (Lipinski definition) is 2. The number of nitrogen functional groups attached to an aromatic ring is 1. The van der Waals surface area contributed by atoms with Gasteiger partial charge in [-0.3, -0.25) is 10.4 Å². The van der Waals surface area contributed by atoms with Crippen molar-refractivity contribution in [3.63, 3.8) is 0 Å². The minimum atomic E-state index is -4.31. The fourth-order valence-corrected chi connectivity index (χ4v) is 1.97. The number of nitrogens with two attached hydrogens (primary N) is 1. The van der Waals surface area contributed by atoms with Crippen molar-refractivity contribution in [3.8, 4) is 0 Å². The number of nitrogens with one attached hydrogen (secondary N) is 1. The summed E-state index contributed by atoms with van der Waals surface area (Å²) in [5.74, 6) is -0.277. The molecule has 0 radical (unpaired) electrons. The van der Waals surface area contributed by atoms with Gasteiger partial charge in [0.15, 0.2) is 0 Å². The summed E-state index contributed by atoms with van der Waals surface area (Å²) >= 11 is 0. The molecule has 0 saturated carbocycles. The van der Waals surface area contributed by atoms with Crippen LogP contribution in [0, 0.1) is 19.3 Å². The molecule has 0 spiro atoms. The average Bonchev–Trinajstić information content (AvgIpc) is 2.22. The number of aromatic nitrogens is 1. The topological polar surface area (TPSA) is 66.0 Å². The Bertz CT molecular complexity index is 483. The zero-order chi connectivity index (χ0) is 14.8. The molecular formula is C12H17F3N4. The highest BCUT2D eigenvalue weighted by Gasteiger charge is 2.31. The van der Waals surface area contributed by atoms with Crippen LogP contribution in [0.5, 0.6) is 0 Å². The lowest BCUT2D eigenvalue weighted by Crippen LogP contribution is -2.36. The first-order valence-corrected chi connectivity index (χ1v) is 5.80. The second-order valence-corrected chi connectivity index (χ2v) is 4.29. The number of halogens is 3. The van der Waals surface area contributed by atoms with Gasteiger partial charge in [-0.2, -0.15) is 13.2 Å². The van der Waals surface area contributed by atoms with Crippen LogP contribution in [0.1, 0.15) is 23.9 Å². The number of pyridine rings is 1. The Morgan fingerprint density at radius 1 is 1.42 bits per heavy atom. The fraction of sp³-hybridized carbons (Fsp3) is 0.500. The van der Waals surface area contributed by atoms with Gasteiger partial charge in [-0.25, -0.2) is 0 Å². The molecule has 0 aliphatic rings. The lowest BCUT2D eigenvalue weighted by atomic mass is 10.1. The van der Waals surface area contributed by atoms with Gasteiger partial charge < -0.3 is 10.6 Å². The second-order valence-electron chi connectivity index (χ2n) is 4.29. The van der Waals surface area contributed by atoms with Gasteiger partial charge >= 0.3 is 6.18 Å². The second kappa shape index (κ2) is 5.46. The Kier molecular flexibility index (Phi) is 4.39. The molecule has 0 aliphatic carbocycles. The van der Waals surface area contributed by atoms with Crippen LogP contribution in [0.4, 0.5) is 18.9 Å². The van der Waals surface area contributed by atoms with Gasteiger partial charge in [0.25, 0.3) is 0 Å². The van der Waals surface area contributed by atoms with Crippen molar-refractivity contribution in [1.82, 2.24) is 4.98 Å². The molecule has 1 rings (SSSR count). The lowest BCUT2D eigenvalue weighted by molar-refractivity contribution is -0.119. The monoisotopic (exact) mass is 274 g/mol. The summed E-state index contributed by atoms with van der Waals surface area (Å²) in [6.07, 6.45) is -4.31. The predicted molar refractivity (Wildman–Crippen MR) is 68.7 cm³/mol. The minimum absolute atomic E-state index is 0.169. The summed E-state index contributed by atoms with van der Waals surface area (Å²) in [7, 11) is 0. The predicted octanol–water partition coefficient (Wildman–Crippen LogP) is 2.37. The average molecular weight is 274 g/mol. The minimum Gasteiger partial charge on any atom is -0.384 e. The third-order valence-electron chi connectivity index (χ3n) is 2.67. The molecule has 19 heavy (non-hydrogen) atoms. The molecule has 106 valence electrons. The third-order valence-corrected chi connectivity index (χ3v) is 2.67. The van der Waals surface area contributed by atoms with Gasteiger partial charge in [0, 0.05) is 12.2 Å². The maximum absolute atomic E-state index is 12.6. The number of hydrogen-bond acceptors (Lipinski definition) is 3. The summed E-state index contributed by atoms with van der Waals surface area (Å²) in [4.78, 5) is 5.29. The Hall–Kier alpha value is -1.79. The molecule has 0 atom stereocenters. The van der Waals surface area contributed by atoms with Crippen molar-refractivity contribution in [3.05, 3.63) is 23.0 Å². The molecule has 0 saturated heterocycles. The molecule has 1 aromatic heterocycles. The normalized spacial score (nSPS) is 11.5. The van der Waals surface area contributed by atoms with E-state index < -0.39 is 12.7 Å². The fourth-order valence-electron chi connectivity index (χ4n) is 1.97. The Balaban J connectivity index is 3.33. The van der Waals surface area contributed by atoms with E-state index in [1.165, 1.54) is 6.07 Å². The molecule has 0 bridgehead atoms. The molecule has 7 heteroatoms. The van der Waals surface area contributed by atoms with Gasteiger partial charge in [0.2, 0.25) is 0 Å². The molecule has 4 nitrogen and oxygen atoms in total. The highest BCUT2D eigenvalue weighted by atomic mass is 19.4. The van der Waals surface area contributed by atoms with Crippen molar-refractivity contribution in [1.29, 1.82) is 5.41 Å². The summed E-state index contributed by atoms with van der Waals surface area (Å²) in [5.41, 5.74) is 7.08. The molecule has 1 aromatic rings. The largest absolute Gasteiger partial charge is 0.405 e. The highest BCUT2D eigenvalue weighted by Crippen LogP contribution is 2.27. The molecular weight excluding hydrogens is 257 g/mol. The molecule has 0 aliphatic heterocycles. The molecule has 3 N–H and O–H groups in total. The molecule has 0 fully saturated rings. The highest BCUT2D eigenvalue weighted by molar-refractivity contribution is 6.01. The van der Waals surface area contributed by atoms with Gasteiger partial charge in [-0.05, 0) is 26.8 Å². The van der Waals surface area contributed by atoms with Crippen LogP contribution in [0.15, 0.2) is 6.07 Å². The number of anilines is 1. The van der Waals surface area contributed by atoms with Gasteiger partial charge in [-0.1, -0.05) is 0 Å². The Morgan fingerprint density at radius 3 is 2.42 bits per heavy atom. The quantitative estimate of drug-likeness (QED) is 0.654. The summed E-state index contributed by atoms with van der Waals surface area (Å²) in [5, 5.41) is 7.52. The SMILES string of the molecule is CCN(CC(F)(F)F)c1cc(C)nc(C)c1C(=N)N. The Labute approximate surface area is 109 Å². The van der Waals surface area contributed by atoms with Crippen LogP contribution < -0.4 is 10.6 Å². The number of rotatable bonds is 4. The van der Waals surface area contributed by atoms with Crippen molar-refractivity contribution in [2.75, 3.05) is 18.0 Å². The maximum atomic E-state index is 12.6. The third kappa shape index (κ3) is 3.84. The van der Waals surface area contributed by atoms with Gasteiger partial charge in [-0.15, -0.1) is 0 Å². The number of amidine groups is 1. The van der Waals surface area contributed by atoms with Crippen molar-refractivity contribution < 1.29 is 13.2 Å². The van der Waals surface area contributed by atoms with Crippen molar-refractivity contribution in [2.45, 2.75) is 26.9 Å². The first-order valence-electron chi connectivity index (χ1n) is 5.80. The zero-order valence-electron chi connectivity index (χ0n) is 11.1. The van der Waals surface area contributed by atoms with Gasteiger partial charge in [0.1, 0.15) is 12.4 Å².